The standard InChI is InChI=1S/C17H20F2N2/c1-12-10-14(16(19)11-15(12)18)17(21-20)9-5-8-13-6-3-2-4-7-13/h2-4,6-7,10-11,17,21H,5,8-9,20H2,1H3. The zero-order chi connectivity index (χ0) is 15.2. The van der Waals surface area contributed by atoms with Gasteiger partial charge in [0.1, 0.15) is 11.6 Å². The van der Waals surface area contributed by atoms with Crippen LogP contribution < -0.4 is 11.3 Å². The first-order chi connectivity index (χ1) is 10.1. The lowest BCUT2D eigenvalue weighted by Gasteiger charge is -2.18. The van der Waals surface area contributed by atoms with Gasteiger partial charge in [0, 0.05) is 17.7 Å². The molecule has 0 heterocycles. The van der Waals surface area contributed by atoms with Gasteiger partial charge in [-0.05, 0) is 43.4 Å². The highest BCUT2D eigenvalue weighted by Crippen LogP contribution is 2.24. The van der Waals surface area contributed by atoms with Crippen LogP contribution in [0, 0.1) is 18.6 Å². The van der Waals surface area contributed by atoms with Crippen molar-refractivity contribution in [2.24, 2.45) is 5.84 Å². The maximum Gasteiger partial charge on any atom is 0.130 e. The van der Waals surface area contributed by atoms with Crippen LogP contribution in [0.3, 0.4) is 0 Å². The number of rotatable bonds is 6. The van der Waals surface area contributed by atoms with Crippen molar-refractivity contribution < 1.29 is 8.78 Å². The zero-order valence-electron chi connectivity index (χ0n) is 12.1. The van der Waals surface area contributed by atoms with Gasteiger partial charge in [0.2, 0.25) is 0 Å². The summed E-state index contributed by atoms with van der Waals surface area (Å²) in [6.07, 6.45) is 2.46. The SMILES string of the molecule is Cc1cc(C(CCCc2ccccc2)NN)c(F)cc1F. The summed E-state index contributed by atoms with van der Waals surface area (Å²) >= 11 is 0. The van der Waals surface area contributed by atoms with Crippen LogP contribution in [0.2, 0.25) is 0 Å². The molecule has 4 heteroatoms. The molecule has 1 unspecified atom stereocenters. The van der Waals surface area contributed by atoms with Crippen LogP contribution in [0.15, 0.2) is 42.5 Å². The van der Waals surface area contributed by atoms with Crippen molar-refractivity contribution in [3.05, 3.63) is 70.8 Å². The lowest BCUT2D eigenvalue weighted by molar-refractivity contribution is 0.467. The van der Waals surface area contributed by atoms with Crippen molar-refractivity contribution in [1.82, 2.24) is 5.43 Å². The van der Waals surface area contributed by atoms with Gasteiger partial charge in [0.25, 0.3) is 0 Å². The Labute approximate surface area is 124 Å². The van der Waals surface area contributed by atoms with E-state index >= 15 is 0 Å². The van der Waals surface area contributed by atoms with Crippen molar-refractivity contribution in [3.63, 3.8) is 0 Å². The van der Waals surface area contributed by atoms with Gasteiger partial charge in [-0.2, -0.15) is 0 Å². The average Bonchev–Trinajstić information content (AvgIpc) is 2.49. The summed E-state index contributed by atoms with van der Waals surface area (Å²) < 4.78 is 27.2. The van der Waals surface area contributed by atoms with Gasteiger partial charge in [0.05, 0.1) is 0 Å². The Hall–Kier alpha value is -1.78. The van der Waals surface area contributed by atoms with Crippen molar-refractivity contribution in [2.75, 3.05) is 0 Å². The van der Waals surface area contributed by atoms with E-state index in [-0.39, 0.29) is 6.04 Å². The molecule has 3 N–H and O–H groups in total. The fraction of sp³-hybridized carbons (Fsp3) is 0.294. The normalized spacial score (nSPS) is 12.4. The number of halogens is 2. The first-order valence-electron chi connectivity index (χ1n) is 7.07. The second kappa shape index (κ2) is 7.29. The Morgan fingerprint density at radius 2 is 1.81 bits per heavy atom. The molecule has 0 saturated heterocycles. The van der Waals surface area contributed by atoms with Gasteiger partial charge >= 0.3 is 0 Å². The van der Waals surface area contributed by atoms with Crippen molar-refractivity contribution in [1.29, 1.82) is 0 Å². The number of benzene rings is 2. The van der Waals surface area contributed by atoms with Crippen LogP contribution >= 0.6 is 0 Å². The van der Waals surface area contributed by atoms with Gasteiger partial charge in [-0.1, -0.05) is 30.3 Å². The summed E-state index contributed by atoms with van der Waals surface area (Å²) in [7, 11) is 0. The van der Waals surface area contributed by atoms with Crippen LogP contribution in [-0.4, -0.2) is 0 Å². The van der Waals surface area contributed by atoms with E-state index in [9.17, 15) is 8.78 Å². The fourth-order valence-corrected chi connectivity index (χ4v) is 2.43. The Bertz CT molecular complexity index is 585. The molecule has 0 saturated carbocycles. The van der Waals surface area contributed by atoms with Crippen LogP contribution in [0.5, 0.6) is 0 Å². The van der Waals surface area contributed by atoms with E-state index < -0.39 is 11.6 Å². The molecule has 0 aromatic heterocycles. The van der Waals surface area contributed by atoms with Crippen molar-refractivity contribution >= 4 is 0 Å². The molecule has 2 nitrogen and oxygen atoms in total. The molecule has 0 aliphatic heterocycles. The first kappa shape index (κ1) is 15.6. The number of hydrazine groups is 1. The molecule has 2 rings (SSSR count). The minimum absolute atomic E-state index is 0.312. The van der Waals surface area contributed by atoms with E-state index in [0.717, 1.165) is 18.9 Å². The highest BCUT2D eigenvalue weighted by Gasteiger charge is 2.16. The summed E-state index contributed by atoms with van der Waals surface area (Å²) in [6, 6.07) is 12.2. The number of aryl methyl sites for hydroxylation is 2. The summed E-state index contributed by atoms with van der Waals surface area (Å²) in [5.74, 6) is 4.44. The van der Waals surface area contributed by atoms with Crippen LogP contribution in [0.1, 0.15) is 35.6 Å². The highest BCUT2D eigenvalue weighted by atomic mass is 19.1. The molecule has 0 spiro atoms. The van der Waals surface area contributed by atoms with E-state index in [2.05, 4.69) is 17.6 Å². The number of nitrogens with one attached hydrogen (secondary N) is 1. The smallest absolute Gasteiger partial charge is 0.130 e. The molecule has 0 fully saturated rings. The first-order valence-corrected chi connectivity index (χ1v) is 7.07. The summed E-state index contributed by atoms with van der Waals surface area (Å²) in [6.45, 7) is 1.62. The molecule has 112 valence electrons. The minimum atomic E-state index is -0.555. The third kappa shape index (κ3) is 4.09. The summed E-state index contributed by atoms with van der Waals surface area (Å²) in [5.41, 5.74) is 4.72. The molecule has 2 aromatic rings. The van der Waals surface area contributed by atoms with Gasteiger partial charge in [-0.15, -0.1) is 0 Å². The highest BCUT2D eigenvalue weighted by molar-refractivity contribution is 5.28. The van der Waals surface area contributed by atoms with Crippen LogP contribution in [0.25, 0.3) is 0 Å². The number of nitrogens with two attached hydrogens (primary N) is 1. The number of hydrogen-bond acceptors (Lipinski definition) is 2. The predicted octanol–water partition coefficient (Wildman–Crippen LogP) is 3.80. The molecular weight excluding hydrogens is 270 g/mol. The Morgan fingerprint density at radius 1 is 1.10 bits per heavy atom. The van der Waals surface area contributed by atoms with Gasteiger partial charge in [-0.3, -0.25) is 11.3 Å². The predicted molar refractivity (Wildman–Crippen MR) is 80.5 cm³/mol. The largest absolute Gasteiger partial charge is 0.271 e. The molecule has 1 atom stereocenters. The quantitative estimate of drug-likeness (QED) is 0.627. The molecule has 0 aliphatic rings. The Kier molecular flexibility index (Phi) is 5.42. The van der Waals surface area contributed by atoms with E-state index in [4.69, 9.17) is 5.84 Å². The molecule has 2 aromatic carbocycles. The summed E-state index contributed by atoms with van der Waals surface area (Å²) in [5, 5.41) is 0. The van der Waals surface area contributed by atoms with E-state index in [0.29, 0.717) is 17.5 Å². The second-order valence-electron chi connectivity index (χ2n) is 5.22. The number of hydrogen-bond donors (Lipinski definition) is 2. The third-order valence-electron chi connectivity index (χ3n) is 3.66. The zero-order valence-corrected chi connectivity index (χ0v) is 12.1. The molecular formula is C17H20F2N2. The fourth-order valence-electron chi connectivity index (χ4n) is 2.43. The molecule has 0 amide bonds. The lowest BCUT2D eigenvalue weighted by Crippen LogP contribution is -2.29. The van der Waals surface area contributed by atoms with E-state index in [1.54, 1.807) is 6.92 Å². The Morgan fingerprint density at radius 3 is 2.48 bits per heavy atom. The molecule has 0 radical (unpaired) electrons. The Balaban J connectivity index is 2.02. The maximum atomic E-state index is 13.9. The third-order valence-corrected chi connectivity index (χ3v) is 3.66. The topological polar surface area (TPSA) is 38.0 Å². The van der Waals surface area contributed by atoms with Crippen molar-refractivity contribution in [2.45, 2.75) is 32.2 Å². The molecule has 0 aliphatic carbocycles. The minimum Gasteiger partial charge on any atom is -0.271 e. The monoisotopic (exact) mass is 290 g/mol. The molecule has 0 bridgehead atoms. The van der Waals surface area contributed by atoms with Crippen LogP contribution in [-0.2, 0) is 6.42 Å². The van der Waals surface area contributed by atoms with Crippen molar-refractivity contribution in [3.8, 4) is 0 Å². The van der Waals surface area contributed by atoms with E-state index in [1.807, 2.05) is 18.2 Å². The maximum absolute atomic E-state index is 13.9. The van der Waals surface area contributed by atoms with Gasteiger partial charge in [-0.25, -0.2) is 8.78 Å². The van der Waals surface area contributed by atoms with Crippen LogP contribution in [0.4, 0.5) is 8.78 Å². The molecule has 21 heavy (non-hydrogen) atoms. The lowest BCUT2D eigenvalue weighted by atomic mass is 9.97. The summed E-state index contributed by atoms with van der Waals surface area (Å²) in [4.78, 5) is 0. The average molecular weight is 290 g/mol. The van der Waals surface area contributed by atoms with Gasteiger partial charge < -0.3 is 0 Å². The second-order valence-corrected chi connectivity index (χ2v) is 5.22. The van der Waals surface area contributed by atoms with Gasteiger partial charge in [0.15, 0.2) is 0 Å². The van der Waals surface area contributed by atoms with E-state index in [1.165, 1.54) is 11.6 Å².